The fraction of sp³-hybridized carbons (Fsp3) is 0.294. The number of rotatable bonds is 8. The summed E-state index contributed by atoms with van der Waals surface area (Å²) in [6, 6.07) is 10.2. The topological polar surface area (TPSA) is 87.0 Å². The van der Waals surface area contributed by atoms with Crippen LogP contribution in [0, 0.1) is 0 Å². The Morgan fingerprint density at radius 2 is 1.88 bits per heavy atom. The quantitative estimate of drug-likeness (QED) is 0.743. The molecule has 0 aliphatic rings. The zero-order chi connectivity index (χ0) is 17.4. The van der Waals surface area contributed by atoms with Crippen LogP contribution in [0.2, 0.25) is 0 Å². The van der Waals surface area contributed by atoms with E-state index < -0.39 is 18.0 Å². The van der Waals surface area contributed by atoms with Gasteiger partial charge in [-0.25, -0.2) is 4.79 Å². The number of carbonyl (C=O) groups is 2. The van der Waals surface area contributed by atoms with Crippen LogP contribution in [0.5, 0.6) is 11.5 Å². The highest BCUT2D eigenvalue weighted by Crippen LogP contribution is 2.16. The molecule has 0 spiro atoms. The van der Waals surface area contributed by atoms with Crippen molar-refractivity contribution in [1.82, 2.24) is 5.32 Å². The number of nitrogens with one attached hydrogen (secondary N) is 1. The van der Waals surface area contributed by atoms with Crippen molar-refractivity contribution in [2.75, 3.05) is 13.7 Å². The molecular formula is C17H19NO6. The Labute approximate surface area is 139 Å². The number of furan rings is 1. The van der Waals surface area contributed by atoms with Gasteiger partial charge in [0.2, 0.25) is 0 Å². The summed E-state index contributed by atoms with van der Waals surface area (Å²) in [5.41, 5.74) is 0. The van der Waals surface area contributed by atoms with Gasteiger partial charge < -0.3 is 23.9 Å². The molecule has 1 N–H and O–H groups in total. The number of hydrogen-bond donors (Lipinski definition) is 1. The number of amides is 1. The zero-order valence-corrected chi connectivity index (χ0v) is 13.5. The summed E-state index contributed by atoms with van der Waals surface area (Å²) in [5.74, 6) is 0.759. The molecule has 1 heterocycles. The van der Waals surface area contributed by atoms with Gasteiger partial charge in [-0.1, -0.05) is 0 Å². The summed E-state index contributed by atoms with van der Waals surface area (Å²) in [6.07, 6.45) is 0.591. The van der Waals surface area contributed by atoms with E-state index in [1.807, 2.05) is 0 Å². The third-order valence-electron chi connectivity index (χ3n) is 3.11. The van der Waals surface area contributed by atoms with E-state index in [1.165, 1.54) is 13.2 Å². The van der Waals surface area contributed by atoms with Crippen LogP contribution in [0.4, 0.5) is 0 Å². The third kappa shape index (κ3) is 5.35. The maximum absolute atomic E-state index is 11.8. The molecule has 1 aromatic carbocycles. The molecule has 0 saturated carbocycles. The average Bonchev–Trinajstić information content (AvgIpc) is 3.11. The largest absolute Gasteiger partial charge is 0.497 e. The lowest BCUT2D eigenvalue weighted by Gasteiger charge is -2.13. The van der Waals surface area contributed by atoms with Crippen LogP contribution >= 0.6 is 0 Å². The summed E-state index contributed by atoms with van der Waals surface area (Å²) in [6.45, 7) is 1.43. The second-order valence-electron chi connectivity index (χ2n) is 4.89. The van der Waals surface area contributed by atoms with Crippen molar-refractivity contribution < 1.29 is 28.2 Å². The SMILES string of the molecule is COc1ccc(OCC(=O)O[C@@H](C)C(=O)NCc2ccco2)cc1. The fourth-order valence-electron chi connectivity index (χ4n) is 1.83. The van der Waals surface area contributed by atoms with E-state index >= 15 is 0 Å². The fourth-order valence-corrected chi connectivity index (χ4v) is 1.83. The molecule has 0 fully saturated rings. The van der Waals surface area contributed by atoms with E-state index in [2.05, 4.69) is 5.32 Å². The molecule has 1 amide bonds. The first kappa shape index (κ1) is 17.4. The molecule has 7 heteroatoms. The molecule has 24 heavy (non-hydrogen) atoms. The number of carbonyl (C=O) groups excluding carboxylic acids is 2. The van der Waals surface area contributed by atoms with E-state index in [0.29, 0.717) is 17.3 Å². The summed E-state index contributed by atoms with van der Waals surface area (Å²) >= 11 is 0. The lowest BCUT2D eigenvalue weighted by Crippen LogP contribution is -2.36. The zero-order valence-electron chi connectivity index (χ0n) is 13.5. The van der Waals surface area contributed by atoms with Gasteiger partial charge in [0, 0.05) is 0 Å². The predicted molar refractivity (Wildman–Crippen MR) is 84.6 cm³/mol. The molecule has 0 aliphatic carbocycles. The van der Waals surface area contributed by atoms with Crippen LogP contribution in [0.25, 0.3) is 0 Å². The van der Waals surface area contributed by atoms with E-state index in [9.17, 15) is 9.59 Å². The van der Waals surface area contributed by atoms with Crippen molar-refractivity contribution >= 4 is 11.9 Å². The van der Waals surface area contributed by atoms with Gasteiger partial charge >= 0.3 is 5.97 Å². The number of ether oxygens (including phenoxy) is 3. The van der Waals surface area contributed by atoms with Crippen LogP contribution in [-0.2, 0) is 20.9 Å². The minimum absolute atomic E-state index is 0.232. The molecule has 0 radical (unpaired) electrons. The Kier molecular flexibility index (Phi) is 6.24. The molecule has 2 aromatic rings. The Balaban J connectivity index is 1.71. The first-order valence-electron chi connectivity index (χ1n) is 7.35. The van der Waals surface area contributed by atoms with Gasteiger partial charge in [-0.05, 0) is 43.3 Å². The molecule has 0 aliphatic heterocycles. The van der Waals surface area contributed by atoms with Crippen molar-refractivity contribution in [3.63, 3.8) is 0 Å². The highest BCUT2D eigenvalue weighted by atomic mass is 16.6. The standard InChI is InChI=1S/C17H19NO6/c1-12(17(20)18-10-15-4-3-9-22-15)24-16(19)11-23-14-7-5-13(21-2)6-8-14/h3-9,12H,10-11H2,1-2H3,(H,18,20)/t12-/m0/s1. The van der Waals surface area contributed by atoms with E-state index in [4.69, 9.17) is 18.6 Å². The van der Waals surface area contributed by atoms with Gasteiger partial charge in [0.1, 0.15) is 17.3 Å². The monoisotopic (exact) mass is 333 g/mol. The normalized spacial score (nSPS) is 11.4. The highest BCUT2D eigenvalue weighted by Gasteiger charge is 2.18. The molecule has 2 rings (SSSR count). The molecule has 128 valence electrons. The van der Waals surface area contributed by atoms with Crippen LogP contribution in [0.15, 0.2) is 47.1 Å². The first-order chi connectivity index (χ1) is 11.6. The van der Waals surface area contributed by atoms with Crippen LogP contribution in [0.3, 0.4) is 0 Å². The number of esters is 1. The number of hydrogen-bond acceptors (Lipinski definition) is 6. The van der Waals surface area contributed by atoms with Crippen molar-refractivity contribution in [2.45, 2.75) is 19.6 Å². The highest BCUT2D eigenvalue weighted by molar-refractivity contribution is 5.83. The van der Waals surface area contributed by atoms with E-state index in [1.54, 1.807) is 43.5 Å². The minimum Gasteiger partial charge on any atom is -0.497 e. The predicted octanol–water partition coefficient (Wildman–Crippen LogP) is 1.92. The van der Waals surface area contributed by atoms with Gasteiger partial charge in [0.25, 0.3) is 5.91 Å². The van der Waals surface area contributed by atoms with Crippen molar-refractivity contribution in [1.29, 1.82) is 0 Å². The van der Waals surface area contributed by atoms with Gasteiger partial charge in [0.05, 0.1) is 19.9 Å². The Morgan fingerprint density at radius 3 is 2.50 bits per heavy atom. The van der Waals surface area contributed by atoms with Crippen LogP contribution < -0.4 is 14.8 Å². The maximum Gasteiger partial charge on any atom is 0.344 e. The van der Waals surface area contributed by atoms with Gasteiger partial charge in [-0.2, -0.15) is 0 Å². The van der Waals surface area contributed by atoms with Crippen molar-refractivity contribution in [2.24, 2.45) is 0 Å². The number of methoxy groups -OCH3 is 1. The second kappa shape index (κ2) is 8.61. The summed E-state index contributed by atoms with van der Waals surface area (Å²) in [7, 11) is 1.56. The first-order valence-corrected chi connectivity index (χ1v) is 7.35. The molecule has 7 nitrogen and oxygen atoms in total. The molecule has 0 bridgehead atoms. The third-order valence-corrected chi connectivity index (χ3v) is 3.11. The lowest BCUT2D eigenvalue weighted by atomic mass is 10.3. The van der Waals surface area contributed by atoms with Crippen molar-refractivity contribution in [3.8, 4) is 11.5 Å². The van der Waals surface area contributed by atoms with E-state index in [-0.39, 0.29) is 13.2 Å². The molecule has 1 atom stereocenters. The minimum atomic E-state index is -0.924. The average molecular weight is 333 g/mol. The van der Waals surface area contributed by atoms with Crippen LogP contribution in [-0.4, -0.2) is 31.7 Å². The Morgan fingerprint density at radius 1 is 1.17 bits per heavy atom. The van der Waals surface area contributed by atoms with Crippen LogP contribution in [0.1, 0.15) is 12.7 Å². The lowest BCUT2D eigenvalue weighted by molar-refractivity contribution is -0.156. The Bertz CT molecular complexity index is 650. The molecule has 0 saturated heterocycles. The number of benzene rings is 1. The van der Waals surface area contributed by atoms with Gasteiger partial charge in [-0.15, -0.1) is 0 Å². The van der Waals surface area contributed by atoms with Gasteiger partial charge in [-0.3, -0.25) is 4.79 Å². The maximum atomic E-state index is 11.8. The molecule has 1 aromatic heterocycles. The second-order valence-corrected chi connectivity index (χ2v) is 4.89. The molecular weight excluding hydrogens is 314 g/mol. The summed E-state index contributed by atoms with van der Waals surface area (Å²) in [4.78, 5) is 23.6. The smallest absolute Gasteiger partial charge is 0.344 e. The Hall–Kier alpha value is -2.96. The van der Waals surface area contributed by atoms with Crippen molar-refractivity contribution in [3.05, 3.63) is 48.4 Å². The molecule has 0 unspecified atom stereocenters. The summed E-state index contributed by atoms with van der Waals surface area (Å²) < 4.78 is 20.4. The van der Waals surface area contributed by atoms with E-state index in [0.717, 1.165) is 0 Å². The summed E-state index contributed by atoms with van der Waals surface area (Å²) in [5, 5.41) is 2.61. The van der Waals surface area contributed by atoms with Gasteiger partial charge in [0.15, 0.2) is 12.7 Å².